The van der Waals surface area contributed by atoms with E-state index < -0.39 is 5.92 Å². The molecule has 1 nitrogen and oxygen atoms in total. The van der Waals surface area contributed by atoms with E-state index in [0.717, 1.165) is 6.92 Å². The second-order valence-electron chi connectivity index (χ2n) is 2.90. The smallest absolute Gasteiger partial charge is 0.245 e. The van der Waals surface area contributed by atoms with E-state index in [0.29, 0.717) is 25.2 Å². The average molecular weight is 208 g/mol. The normalized spacial score (nSPS) is 10.1. The largest absolute Gasteiger partial charge is 0.499 e. The number of rotatable bonds is 6. The fourth-order valence-electron chi connectivity index (χ4n) is 0.872. The van der Waals surface area contributed by atoms with Crippen molar-refractivity contribution in [2.45, 2.75) is 52.9 Å². The van der Waals surface area contributed by atoms with Gasteiger partial charge in [0, 0.05) is 12.8 Å². The molecule has 0 unspecified atom stereocenters. The van der Waals surface area contributed by atoms with Gasteiger partial charge in [-0.05, 0) is 20.3 Å². The Balaban J connectivity index is 0. The number of halogens is 2. The van der Waals surface area contributed by atoms with Crippen molar-refractivity contribution in [3.63, 3.8) is 0 Å². The van der Waals surface area contributed by atoms with Crippen LogP contribution in [-0.2, 0) is 4.74 Å². The highest BCUT2D eigenvalue weighted by Crippen LogP contribution is 2.21. The summed E-state index contributed by atoms with van der Waals surface area (Å²) in [4.78, 5) is 0. The van der Waals surface area contributed by atoms with Gasteiger partial charge in [0.1, 0.15) is 0 Å². The third-order valence-electron chi connectivity index (χ3n) is 1.42. The zero-order valence-corrected chi connectivity index (χ0v) is 9.70. The van der Waals surface area contributed by atoms with E-state index in [1.54, 1.807) is 0 Å². The summed E-state index contributed by atoms with van der Waals surface area (Å²) in [5, 5.41) is 0. The maximum atomic E-state index is 12.3. The second kappa shape index (κ2) is 8.97. The lowest BCUT2D eigenvalue weighted by atomic mass is 10.1. The zero-order chi connectivity index (χ0) is 11.6. The summed E-state index contributed by atoms with van der Waals surface area (Å²) < 4.78 is 29.6. The molecule has 0 saturated heterocycles. The Morgan fingerprint density at radius 2 is 1.86 bits per heavy atom. The SMILES string of the molecule is C=C(CCCC(C)(F)F)OCC.CC. The van der Waals surface area contributed by atoms with Gasteiger partial charge >= 0.3 is 0 Å². The van der Waals surface area contributed by atoms with E-state index in [1.807, 2.05) is 20.8 Å². The lowest BCUT2D eigenvalue weighted by molar-refractivity contribution is 0.0102. The summed E-state index contributed by atoms with van der Waals surface area (Å²) in [7, 11) is 0. The Morgan fingerprint density at radius 3 is 2.21 bits per heavy atom. The van der Waals surface area contributed by atoms with Crippen LogP contribution in [-0.4, -0.2) is 12.5 Å². The molecule has 0 radical (unpaired) electrons. The van der Waals surface area contributed by atoms with Crippen molar-refractivity contribution in [1.29, 1.82) is 0 Å². The van der Waals surface area contributed by atoms with Crippen LogP contribution >= 0.6 is 0 Å². The molecule has 0 fully saturated rings. The number of alkyl halides is 2. The fraction of sp³-hybridized carbons (Fsp3) is 0.818. The molecular formula is C11H22F2O. The summed E-state index contributed by atoms with van der Waals surface area (Å²) >= 11 is 0. The molecule has 0 heterocycles. The molecule has 0 atom stereocenters. The van der Waals surface area contributed by atoms with E-state index in [1.165, 1.54) is 0 Å². The predicted molar refractivity (Wildman–Crippen MR) is 56.6 cm³/mol. The van der Waals surface area contributed by atoms with Gasteiger partial charge in [0.25, 0.3) is 0 Å². The van der Waals surface area contributed by atoms with Gasteiger partial charge in [-0.15, -0.1) is 0 Å². The van der Waals surface area contributed by atoms with Crippen molar-refractivity contribution in [2.75, 3.05) is 6.61 Å². The third kappa shape index (κ3) is 14.0. The lowest BCUT2D eigenvalue weighted by Gasteiger charge is -2.10. The fourth-order valence-corrected chi connectivity index (χ4v) is 0.872. The standard InChI is InChI=1S/C9H16F2O.C2H6/c1-4-12-8(2)6-5-7-9(3,10)11;1-2/h2,4-7H2,1,3H3;1-2H3. The molecule has 0 rings (SSSR count). The molecule has 0 saturated carbocycles. The van der Waals surface area contributed by atoms with Crippen LogP contribution in [0.25, 0.3) is 0 Å². The number of hydrogen-bond acceptors (Lipinski definition) is 1. The molecular weight excluding hydrogens is 186 g/mol. The minimum atomic E-state index is -2.56. The Bertz CT molecular complexity index is 139. The predicted octanol–water partition coefficient (Wildman–Crippen LogP) is 4.39. The van der Waals surface area contributed by atoms with Crippen LogP contribution in [0.3, 0.4) is 0 Å². The van der Waals surface area contributed by atoms with E-state index in [9.17, 15) is 8.78 Å². The summed E-state index contributed by atoms with van der Waals surface area (Å²) in [5.74, 6) is -1.96. The van der Waals surface area contributed by atoms with Crippen LogP contribution in [0.2, 0.25) is 0 Å². The number of ether oxygens (including phenoxy) is 1. The highest BCUT2D eigenvalue weighted by molar-refractivity contribution is 4.82. The van der Waals surface area contributed by atoms with Crippen LogP contribution in [0.15, 0.2) is 12.3 Å². The van der Waals surface area contributed by atoms with Gasteiger partial charge in [-0.3, -0.25) is 0 Å². The van der Waals surface area contributed by atoms with Crippen molar-refractivity contribution < 1.29 is 13.5 Å². The van der Waals surface area contributed by atoms with E-state index in [2.05, 4.69) is 6.58 Å². The first kappa shape index (κ1) is 15.9. The van der Waals surface area contributed by atoms with Crippen molar-refractivity contribution >= 4 is 0 Å². The molecule has 0 aliphatic carbocycles. The van der Waals surface area contributed by atoms with E-state index >= 15 is 0 Å². The third-order valence-corrected chi connectivity index (χ3v) is 1.42. The molecule has 0 N–H and O–H groups in total. The molecule has 0 aromatic carbocycles. The van der Waals surface area contributed by atoms with Gasteiger partial charge in [-0.25, -0.2) is 8.78 Å². The molecule has 0 aliphatic heterocycles. The van der Waals surface area contributed by atoms with Crippen LogP contribution in [0.5, 0.6) is 0 Å². The molecule has 14 heavy (non-hydrogen) atoms. The molecule has 0 aromatic rings. The Labute approximate surface area is 86.1 Å². The minimum Gasteiger partial charge on any atom is -0.499 e. The summed E-state index contributed by atoms with van der Waals surface area (Å²) in [6.45, 7) is 10.9. The van der Waals surface area contributed by atoms with E-state index in [4.69, 9.17) is 4.74 Å². The van der Waals surface area contributed by atoms with Crippen LogP contribution < -0.4 is 0 Å². The number of allylic oxidation sites excluding steroid dienone is 1. The maximum absolute atomic E-state index is 12.3. The average Bonchev–Trinajstić information content (AvgIpc) is 2.06. The van der Waals surface area contributed by atoms with Crippen LogP contribution in [0, 0.1) is 0 Å². The van der Waals surface area contributed by atoms with Gasteiger partial charge in [0.15, 0.2) is 0 Å². The molecule has 3 heteroatoms. The van der Waals surface area contributed by atoms with Gasteiger partial charge in [-0.1, -0.05) is 20.4 Å². The quantitative estimate of drug-likeness (QED) is 0.588. The molecule has 0 aromatic heterocycles. The maximum Gasteiger partial charge on any atom is 0.245 e. The molecule has 86 valence electrons. The zero-order valence-electron chi connectivity index (χ0n) is 9.70. The van der Waals surface area contributed by atoms with Crippen molar-refractivity contribution in [1.82, 2.24) is 0 Å². The Kier molecular flexibility index (Phi) is 10.2. The Hall–Kier alpha value is -0.600. The molecule has 0 bridgehead atoms. The topological polar surface area (TPSA) is 9.23 Å². The molecule has 0 spiro atoms. The van der Waals surface area contributed by atoms with Crippen molar-refractivity contribution in [3.05, 3.63) is 12.3 Å². The minimum absolute atomic E-state index is 0.0981. The van der Waals surface area contributed by atoms with Crippen molar-refractivity contribution in [2.24, 2.45) is 0 Å². The molecule has 0 aliphatic rings. The second-order valence-corrected chi connectivity index (χ2v) is 2.90. The van der Waals surface area contributed by atoms with Gasteiger partial charge in [0.2, 0.25) is 5.92 Å². The van der Waals surface area contributed by atoms with Gasteiger partial charge < -0.3 is 4.74 Å². The first-order valence-corrected chi connectivity index (χ1v) is 5.14. The number of hydrogen-bond donors (Lipinski definition) is 0. The Morgan fingerprint density at radius 1 is 1.36 bits per heavy atom. The van der Waals surface area contributed by atoms with Gasteiger partial charge in [-0.2, -0.15) is 0 Å². The molecule has 0 amide bonds. The van der Waals surface area contributed by atoms with Crippen LogP contribution in [0.4, 0.5) is 8.78 Å². The first-order chi connectivity index (χ1) is 6.45. The van der Waals surface area contributed by atoms with E-state index in [-0.39, 0.29) is 6.42 Å². The van der Waals surface area contributed by atoms with Crippen molar-refractivity contribution in [3.8, 4) is 0 Å². The highest BCUT2D eigenvalue weighted by Gasteiger charge is 2.19. The summed E-state index contributed by atoms with van der Waals surface area (Å²) in [6, 6.07) is 0. The van der Waals surface area contributed by atoms with Crippen LogP contribution in [0.1, 0.15) is 47.0 Å². The monoisotopic (exact) mass is 208 g/mol. The van der Waals surface area contributed by atoms with Gasteiger partial charge in [0.05, 0.1) is 12.4 Å². The first-order valence-electron chi connectivity index (χ1n) is 5.14. The summed E-state index contributed by atoms with van der Waals surface area (Å²) in [5.41, 5.74) is 0. The highest BCUT2D eigenvalue weighted by atomic mass is 19.3. The lowest BCUT2D eigenvalue weighted by Crippen LogP contribution is -2.08. The summed E-state index contributed by atoms with van der Waals surface area (Å²) in [6.07, 6.45) is 0.860.